The minimum absolute atomic E-state index is 0.0903. The summed E-state index contributed by atoms with van der Waals surface area (Å²) < 4.78 is 7.24. The molecule has 5 nitrogen and oxygen atoms in total. The first kappa shape index (κ1) is 15.1. The summed E-state index contributed by atoms with van der Waals surface area (Å²) in [5.41, 5.74) is 3.53. The van der Waals surface area contributed by atoms with Crippen molar-refractivity contribution in [1.82, 2.24) is 14.9 Å². The van der Waals surface area contributed by atoms with Crippen LogP contribution in [0.4, 0.5) is 0 Å². The van der Waals surface area contributed by atoms with Crippen molar-refractivity contribution in [2.45, 2.75) is 6.42 Å². The summed E-state index contributed by atoms with van der Waals surface area (Å²) in [5.74, 6) is 0.754. The first-order valence-corrected chi connectivity index (χ1v) is 7.50. The molecule has 2 aromatic carbocycles. The Kier molecular flexibility index (Phi) is 4.28. The Hall–Kier alpha value is -2.82. The number of hydrogen-bond donors (Lipinski definition) is 1. The molecule has 118 valence electrons. The summed E-state index contributed by atoms with van der Waals surface area (Å²) in [6.07, 6.45) is 2.47. The predicted octanol–water partition coefficient (Wildman–Crippen LogP) is 2.55. The van der Waals surface area contributed by atoms with Crippen molar-refractivity contribution in [2.24, 2.45) is 7.05 Å². The van der Waals surface area contributed by atoms with Crippen LogP contribution in [0.5, 0.6) is 5.75 Å². The first-order chi connectivity index (χ1) is 11.2. The monoisotopic (exact) mass is 309 g/mol. The predicted molar refractivity (Wildman–Crippen MR) is 89.7 cm³/mol. The van der Waals surface area contributed by atoms with Crippen molar-refractivity contribution in [2.75, 3.05) is 13.7 Å². The van der Waals surface area contributed by atoms with Crippen molar-refractivity contribution in [3.05, 3.63) is 59.9 Å². The molecule has 0 radical (unpaired) electrons. The third kappa shape index (κ3) is 3.18. The van der Waals surface area contributed by atoms with Gasteiger partial charge in [0, 0.05) is 19.2 Å². The number of hydrogen-bond acceptors (Lipinski definition) is 3. The number of nitrogens with zero attached hydrogens (tertiary/aromatic N) is 2. The molecular formula is C18H19N3O2. The Bertz CT molecular complexity index is 839. The van der Waals surface area contributed by atoms with Gasteiger partial charge in [-0.3, -0.25) is 4.79 Å². The van der Waals surface area contributed by atoms with Crippen molar-refractivity contribution in [1.29, 1.82) is 0 Å². The fraction of sp³-hybridized carbons (Fsp3) is 0.222. The van der Waals surface area contributed by atoms with Gasteiger partial charge < -0.3 is 14.6 Å². The number of para-hydroxylation sites is 1. The summed E-state index contributed by atoms with van der Waals surface area (Å²) in [4.78, 5) is 16.5. The summed E-state index contributed by atoms with van der Waals surface area (Å²) in [7, 11) is 3.59. The zero-order valence-corrected chi connectivity index (χ0v) is 13.2. The van der Waals surface area contributed by atoms with E-state index in [0.717, 1.165) is 28.8 Å². The van der Waals surface area contributed by atoms with Gasteiger partial charge in [-0.1, -0.05) is 18.2 Å². The number of benzene rings is 2. The van der Waals surface area contributed by atoms with Crippen LogP contribution in [0.1, 0.15) is 15.9 Å². The molecule has 0 spiro atoms. The number of imidazole rings is 1. The number of ether oxygens (including phenoxy) is 1. The van der Waals surface area contributed by atoms with Crippen molar-refractivity contribution < 1.29 is 9.53 Å². The lowest BCUT2D eigenvalue weighted by Crippen LogP contribution is -2.25. The molecule has 5 heteroatoms. The molecule has 1 heterocycles. The molecule has 0 unspecified atom stereocenters. The standard InChI is InChI=1S/C18H19N3O2/c1-21-12-20-15-11-14(7-8-16(15)21)18(22)19-10-9-13-5-3-4-6-17(13)23-2/h3-8,11-12H,9-10H2,1-2H3,(H,19,22). The number of aryl methyl sites for hydroxylation is 1. The van der Waals surface area contributed by atoms with Gasteiger partial charge in [0.1, 0.15) is 5.75 Å². The highest BCUT2D eigenvalue weighted by Gasteiger charge is 2.09. The third-order valence-electron chi connectivity index (χ3n) is 3.86. The zero-order chi connectivity index (χ0) is 16.2. The molecular weight excluding hydrogens is 290 g/mol. The molecule has 0 aliphatic rings. The Morgan fingerprint density at radius 1 is 1.26 bits per heavy atom. The van der Waals surface area contributed by atoms with Gasteiger partial charge in [0.05, 0.1) is 24.5 Å². The van der Waals surface area contributed by atoms with E-state index in [1.165, 1.54) is 0 Å². The minimum Gasteiger partial charge on any atom is -0.496 e. The molecule has 0 bridgehead atoms. The number of carbonyl (C=O) groups is 1. The zero-order valence-electron chi connectivity index (χ0n) is 13.2. The Morgan fingerprint density at radius 2 is 2.09 bits per heavy atom. The smallest absolute Gasteiger partial charge is 0.251 e. The molecule has 0 saturated heterocycles. The average molecular weight is 309 g/mol. The molecule has 0 saturated carbocycles. The highest BCUT2D eigenvalue weighted by atomic mass is 16.5. The second-order valence-corrected chi connectivity index (χ2v) is 5.38. The van der Waals surface area contributed by atoms with Crippen molar-refractivity contribution >= 4 is 16.9 Å². The van der Waals surface area contributed by atoms with Gasteiger partial charge in [-0.2, -0.15) is 0 Å². The van der Waals surface area contributed by atoms with Crippen LogP contribution >= 0.6 is 0 Å². The SMILES string of the molecule is COc1ccccc1CCNC(=O)c1ccc2c(c1)ncn2C. The highest BCUT2D eigenvalue weighted by molar-refractivity contribution is 5.97. The fourth-order valence-corrected chi connectivity index (χ4v) is 2.60. The van der Waals surface area contributed by atoms with E-state index in [2.05, 4.69) is 10.3 Å². The van der Waals surface area contributed by atoms with Crippen LogP contribution in [0.15, 0.2) is 48.8 Å². The second kappa shape index (κ2) is 6.52. The number of fused-ring (bicyclic) bond motifs is 1. The molecule has 0 aliphatic carbocycles. The second-order valence-electron chi connectivity index (χ2n) is 5.38. The third-order valence-corrected chi connectivity index (χ3v) is 3.86. The summed E-state index contributed by atoms with van der Waals surface area (Å²) in [6.45, 7) is 0.555. The van der Waals surface area contributed by atoms with Crippen LogP contribution < -0.4 is 10.1 Å². The molecule has 3 rings (SSSR count). The van der Waals surface area contributed by atoms with E-state index in [0.29, 0.717) is 12.1 Å². The van der Waals surface area contributed by atoms with E-state index in [9.17, 15) is 4.79 Å². The van der Waals surface area contributed by atoms with Gasteiger partial charge in [0.25, 0.3) is 5.91 Å². The van der Waals surface area contributed by atoms with Crippen LogP contribution in [0.25, 0.3) is 11.0 Å². The summed E-state index contributed by atoms with van der Waals surface area (Å²) in [5, 5.41) is 2.94. The summed E-state index contributed by atoms with van der Waals surface area (Å²) >= 11 is 0. The first-order valence-electron chi connectivity index (χ1n) is 7.50. The van der Waals surface area contributed by atoms with Crippen LogP contribution in [-0.2, 0) is 13.5 Å². The lowest BCUT2D eigenvalue weighted by atomic mass is 10.1. The molecule has 1 N–H and O–H groups in total. The minimum atomic E-state index is -0.0903. The number of aromatic nitrogens is 2. The normalized spacial score (nSPS) is 10.7. The molecule has 23 heavy (non-hydrogen) atoms. The average Bonchev–Trinajstić information content (AvgIpc) is 2.96. The van der Waals surface area contributed by atoms with Gasteiger partial charge >= 0.3 is 0 Å². The van der Waals surface area contributed by atoms with Crippen LogP contribution in [0.2, 0.25) is 0 Å². The molecule has 1 aromatic heterocycles. The molecule has 0 aliphatic heterocycles. The van der Waals surface area contributed by atoms with E-state index in [-0.39, 0.29) is 5.91 Å². The summed E-state index contributed by atoms with van der Waals surface area (Å²) in [6, 6.07) is 13.4. The molecule has 3 aromatic rings. The Balaban J connectivity index is 1.64. The van der Waals surface area contributed by atoms with Gasteiger partial charge in [0.2, 0.25) is 0 Å². The molecule has 0 fully saturated rings. The number of methoxy groups -OCH3 is 1. The van der Waals surface area contributed by atoms with Gasteiger partial charge in [-0.05, 0) is 36.2 Å². The Morgan fingerprint density at radius 3 is 2.91 bits per heavy atom. The van der Waals surface area contributed by atoms with Crippen LogP contribution in [0, 0.1) is 0 Å². The highest BCUT2D eigenvalue weighted by Crippen LogP contribution is 2.17. The number of amides is 1. The van der Waals surface area contributed by atoms with E-state index >= 15 is 0 Å². The van der Waals surface area contributed by atoms with E-state index in [4.69, 9.17) is 4.74 Å². The maximum atomic E-state index is 12.3. The number of rotatable bonds is 5. The van der Waals surface area contributed by atoms with E-state index < -0.39 is 0 Å². The molecule has 1 amide bonds. The molecule has 0 atom stereocenters. The fourth-order valence-electron chi connectivity index (χ4n) is 2.60. The maximum Gasteiger partial charge on any atom is 0.251 e. The maximum absolute atomic E-state index is 12.3. The van der Waals surface area contributed by atoms with E-state index in [1.807, 2.05) is 54.1 Å². The lowest BCUT2D eigenvalue weighted by Gasteiger charge is -2.09. The van der Waals surface area contributed by atoms with Crippen LogP contribution in [0.3, 0.4) is 0 Å². The quantitative estimate of drug-likeness (QED) is 0.788. The van der Waals surface area contributed by atoms with Gasteiger partial charge in [0.15, 0.2) is 0 Å². The van der Waals surface area contributed by atoms with Gasteiger partial charge in [-0.15, -0.1) is 0 Å². The Labute approximate surface area is 134 Å². The van der Waals surface area contributed by atoms with Crippen LogP contribution in [-0.4, -0.2) is 29.1 Å². The number of nitrogens with one attached hydrogen (secondary N) is 1. The van der Waals surface area contributed by atoms with Crippen molar-refractivity contribution in [3.8, 4) is 5.75 Å². The lowest BCUT2D eigenvalue weighted by molar-refractivity contribution is 0.0954. The van der Waals surface area contributed by atoms with Gasteiger partial charge in [-0.25, -0.2) is 4.98 Å². The number of carbonyl (C=O) groups excluding carboxylic acids is 1. The topological polar surface area (TPSA) is 56.1 Å². The largest absolute Gasteiger partial charge is 0.496 e. The van der Waals surface area contributed by atoms with Crippen molar-refractivity contribution in [3.63, 3.8) is 0 Å². The van der Waals surface area contributed by atoms with E-state index in [1.54, 1.807) is 13.4 Å².